The highest BCUT2D eigenvalue weighted by Gasteiger charge is 2.45. The Kier molecular flexibility index (Phi) is 3.07. The van der Waals surface area contributed by atoms with Crippen LogP contribution in [0.4, 0.5) is 14.3 Å². The third-order valence-corrected chi connectivity index (χ3v) is 5.62. The Morgan fingerprint density at radius 1 is 1.42 bits per heavy atom. The Balaban J connectivity index is 1.55. The van der Waals surface area contributed by atoms with E-state index in [2.05, 4.69) is 10.3 Å². The summed E-state index contributed by atoms with van der Waals surface area (Å²) in [5.41, 5.74) is 0.690. The quantitative estimate of drug-likeness (QED) is 0.897. The van der Waals surface area contributed by atoms with Gasteiger partial charge < -0.3 is 19.5 Å². The van der Waals surface area contributed by atoms with Gasteiger partial charge in [0, 0.05) is 0 Å². The summed E-state index contributed by atoms with van der Waals surface area (Å²) in [5.74, 6) is 1.27. The summed E-state index contributed by atoms with van der Waals surface area (Å²) >= 11 is 1.41. The third kappa shape index (κ3) is 1.97. The van der Waals surface area contributed by atoms with Crippen LogP contribution in [0.3, 0.4) is 0 Å². The first-order valence-electron chi connectivity index (χ1n) is 7.71. The van der Waals surface area contributed by atoms with Gasteiger partial charge in [-0.05, 0) is 18.6 Å². The molecule has 0 radical (unpaired) electrons. The van der Waals surface area contributed by atoms with E-state index in [0.717, 1.165) is 4.70 Å². The van der Waals surface area contributed by atoms with Gasteiger partial charge in [-0.1, -0.05) is 11.3 Å². The van der Waals surface area contributed by atoms with Crippen molar-refractivity contribution in [2.45, 2.75) is 24.6 Å². The van der Waals surface area contributed by atoms with Crippen LogP contribution in [0, 0.1) is 0 Å². The lowest BCUT2D eigenvalue weighted by Crippen LogP contribution is -2.47. The molecule has 0 saturated carbocycles. The third-order valence-electron chi connectivity index (χ3n) is 4.60. The number of aromatic nitrogens is 1. The number of anilines is 1. The fourth-order valence-electron chi connectivity index (χ4n) is 3.44. The summed E-state index contributed by atoms with van der Waals surface area (Å²) in [6.45, 7) is -0.0613. The van der Waals surface area contributed by atoms with Crippen LogP contribution in [0.5, 0.6) is 11.5 Å². The lowest BCUT2D eigenvalue weighted by molar-refractivity contribution is -0.0150. The molecule has 3 aliphatic heterocycles. The fraction of sp³-hybridized carbons (Fsp3) is 0.467. The van der Waals surface area contributed by atoms with Crippen LogP contribution in [0.2, 0.25) is 0 Å². The minimum Gasteiger partial charge on any atom is -0.454 e. The molecule has 4 heterocycles. The molecule has 0 unspecified atom stereocenters. The van der Waals surface area contributed by atoms with Crippen LogP contribution in [0.15, 0.2) is 12.1 Å². The first-order valence-corrected chi connectivity index (χ1v) is 8.52. The number of carbonyl (C=O) groups excluding carboxylic acids is 1. The molecule has 2 saturated heterocycles. The van der Waals surface area contributed by atoms with Gasteiger partial charge in [-0.2, -0.15) is 0 Å². The van der Waals surface area contributed by atoms with E-state index in [1.807, 2.05) is 12.1 Å². The van der Waals surface area contributed by atoms with Gasteiger partial charge in [-0.15, -0.1) is 0 Å². The molecule has 24 heavy (non-hydrogen) atoms. The van der Waals surface area contributed by atoms with Crippen molar-refractivity contribution in [2.75, 3.05) is 25.0 Å². The number of ether oxygens (including phenoxy) is 3. The van der Waals surface area contributed by atoms with Gasteiger partial charge in [-0.25, -0.2) is 14.2 Å². The van der Waals surface area contributed by atoms with Crippen molar-refractivity contribution in [2.24, 2.45) is 0 Å². The number of fused-ring (bicyclic) bond motifs is 4. The molecule has 0 aliphatic carbocycles. The number of hydrogen-bond acceptors (Lipinski definition) is 6. The Labute approximate surface area is 140 Å². The van der Waals surface area contributed by atoms with Crippen molar-refractivity contribution in [1.82, 2.24) is 10.3 Å². The number of nitrogens with zero attached hydrogens (tertiary/aromatic N) is 2. The van der Waals surface area contributed by atoms with E-state index < -0.39 is 12.8 Å². The number of benzene rings is 1. The number of halogens is 1. The SMILES string of the molecule is O=C1N[C@H]2CO[C@@H](CF)C[C@H]2N1c1nc2c3c(ccc2s1)OCO3. The molecule has 0 spiro atoms. The molecule has 126 valence electrons. The van der Waals surface area contributed by atoms with Crippen LogP contribution in [-0.4, -0.2) is 49.3 Å². The number of alkyl halides is 1. The van der Waals surface area contributed by atoms with Crippen molar-refractivity contribution >= 4 is 32.7 Å². The topological polar surface area (TPSA) is 72.9 Å². The van der Waals surface area contributed by atoms with Crippen LogP contribution in [0.1, 0.15) is 6.42 Å². The summed E-state index contributed by atoms with van der Waals surface area (Å²) in [7, 11) is 0. The van der Waals surface area contributed by atoms with E-state index in [1.165, 1.54) is 11.3 Å². The smallest absolute Gasteiger partial charge is 0.324 e. The van der Waals surface area contributed by atoms with Gasteiger partial charge in [-0.3, -0.25) is 4.90 Å². The van der Waals surface area contributed by atoms with E-state index in [-0.39, 0.29) is 24.9 Å². The number of rotatable bonds is 2. The molecule has 0 bridgehead atoms. The first-order chi connectivity index (χ1) is 11.7. The van der Waals surface area contributed by atoms with Gasteiger partial charge in [0.05, 0.1) is 29.5 Å². The van der Waals surface area contributed by atoms with Crippen LogP contribution in [-0.2, 0) is 4.74 Å². The highest BCUT2D eigenvalue weighted by molar-refractivity contribution is 7.22. The van der Waals surface area contributed by atoms with Crippen LogP contribution < -0.4 is 19.7 Å². The van der Waals surface area contributed by atoms with Crippen molar-refractivity contribution in [3.8, 4) is 11.5 Å². The molecule has 2 amide bonds. The van der Waals surface area contributed by atoms with Gasteiger partial charge in [0.25, 0.3) is 0 Å². The van der Waals surface area contributed by atoms with Crippen LogP contribution >= 0.6 is 11.3 Å². The van der Waals surface area contributed by atoms with Gasteiger partial charge >= 0.3 is 6.03 Å². The van der Waals surface area contributed by atoms with Gasteiger partial charge in [0.1, 0.15) is 12.2 Å². The Hall–Kier alpha value is -2.13. The molecule has 1 N–H and O–H groups in total. The summed E-state index contributed by atoms with van der Waals surface area (Å²) in [5, 5.41) is 3.48. The highest BCUT2D eigenvalue weighted by Crippen LogP contribution is 2.43. The van der Waals surface area contributed by atoms with E-state index in [9.17, 15) is 9.18 Å². The summed E-state index contributed by atoms with van der Waals surface area (Å²) in [6.07, 6.45) is -0.0232. The van der Waals surface area contributed by atoms with Crippen LogP contribution in [0.25, 0.3) is 10.2 Å². The molecular formula is C15H14FN3O4S. The zero-order chi connectivity index (χ0) is 16.3. The van der Waals surface area contributed by atoms with Gasteiger partial charge in [0.2, 0.25) is 6.79 Å². The minimum absolute atomic E-state index is 0.141. The van der Waals surface area contributed by atoms with Gasteiger partial charge in [0.15, 0.2) is 16.6 Å². The number of thiazole rings is 1. The van der Waals surface area contributed by atoms with E-state index in [0.29, 0.717) is 35.2 Å². The zero-order valence-electron chi connectivity index (χ0n) is 12.5. The maximum atomic E-state index is 13.0. The fourth-order valence-corrected chi connectivity index (χ4v) is 4.46. The molecule has 3 aliphatic rings. The maximum Gasteiger partial charge on any atom is 0.324 e. The summed E-state index contributed by atoms with van der Waals surface area (Å²) < 4.78 is 30.2. The average molecular weight is 351 g/mol. The van der Waals surface area contributed by atoms with Crippen molar-refractivity contribution in [3.05, 3.63) is 12.1 Å². The standard InChI is InChI=1S/C15H14FN3O4S/c16-4-7-3-9-8(5-21-7)17-14(20)19(9)15-18-12-11(24-15)2-1-10-13(12)23-6-22-10/h1-2,7-9H,3-6H2,(H,17,20)/t7-,8+,9-/m1/s1. The summed E-state index contributed by atoms with van der Waals surface area (Å²) in [6, 6.07) is 3.23. The Morgan fingerprint density at radius 2 is 2.33 bits per heavy atom. The maximum absolute atomic E-state index is 13.0. The molecule has 2 fully saturated rings. The van der Waals surface area contributed by atoms with E-state index >= 15 is 0 Å². The first kappa shape index (κ1) is 14.2. The molecule has 9 heteroatoms. The van der Waals surface area contributed by atoms with Crippen molar-refractivity contribution < 1.29 is 23.4 Å². The average Bonchev–Trinajstić information content (AvgIpc) is 3.28. The monoisotopic (exact) mass is 351 g/mol. The second-order valence-corrected chi connectivity index (χ2v) is 6.99. The largest absolute Gasteiger partial charge is 0.454 e. The molecule has 1 aromatic carbocycles. The number of nitrogens with one attached hydrogen (secondary N) is 1. The lowest BCUT2D eigenvalue weighted by atomic mass is 10.00. The predicted octanol–water partition coefficient (Wildman–Crippen LogP) is 2.05. The molecule has 2 aromatic rings. The lowest BCUT2D eigenvalue weighted by Gasteiger charge is -2.32. The zero-order valence-corrected chi connectivity index (χ0v) is 13.3. The molecule has 3 atom stereocenters. The Morgan fingerprint density at radius 3 is 3.21 bits per heavy atom. The second-order valence-electron chi connectivity index (χ2n) is 5.98. The normalized spacial score (nSPS) is 28.3. The predicted molar refractivity (Wildman–Crippen MR) is 84.7 cm³/mol. The molecule has 7 nitrogen and oxygen atoms in total. The van der Waals surface area contributed by atoms with E-state index in [1.54, 1.807) is 4.90 Å². The second kappa shape index (κ2) is 5.18. The highest BCUT2D eigenvalue weighted by atomic mass is 32.1. The molecular weight excluding hydrogens is 337 g/mol. The summed E-state index contributed by atoms with van der Waals surface area (Å²) in [4.78, 5) is 18.7. The number of amides is 2. The van der Waals surface area contributed by atoms with E-state index in [4.69, 9.17) is 14.2 Å². The van der Waals surface area contributed by atoms with Crippen molar-refractivity contribution in [3.63, 3.8) is 0 Å². The molecule has 1 aromatic heterocycles. The minimum atomic E-state index is -0.552. The Bertz CT molecular complexity index is 828. The van der Waals surface area contributed by atoms with Crippen molar-refractivity contribution in [1.29, 1.82) is 0 Å². The number of carbonyl (C=O) groups is 1. The number of hydrogen-bond donors (Lipinski definition) is 1. The number of urea groups is 1. The molecule has 5 rings (SSSR count).